The van der Waals surface area contributed by atoms with Gasteiger partial charge < -0.3 is 26.0 Å². The number of hydrogen-bond donors (Lipinski definition) is 4. The zero-order chi connectivity index (χ0) is 45.9. The van der Waals surface area contributed by atoms with E-state index in [2.05, 4.69) is 45.0 Å². The van der Waals surface area contributed by atoms with Crippen LogP contribution in [-0.4, -0.2) is 101 Å². The maximum Gasteiger partial charge on any atom is 0.247 e. The van der Waals surface area contributed by atoms with Gasteiger partial charge in [0.25, 0.3) is 0 Å². The van der Waals surface area contributed by atoms with E-state index < -0.39 is 34.9 Å². The van der Waals surface area contributed by atoms with Crippen LogP contribution in [0.5, 0.6) is 0 Å². The summed E-state index contributed by atoms with van der Waals surface area (Å²) in [5.41, 5.74) is 8.52. The molecule has 4 amide bonds. The summed E-state index contributed by atoms with van der Waals surface area (Å²) in [6.07, 6.45) is 0.697. The lowest BCUT2D eigenvalue weighted by atomic mass is 9.99. The number of nitrogens with zero attached hydrogens (tertiary/aromatic N) is 6. The number of carbonyl (C=O) groups excluding carboxylic acids is 4. The van der Waals surface area contributed by atoms with Crippen LogP contribution in [0.25, 0.3) is 15.4 Å². The molecule has 338 valence electrons. The summed E-state index contributed by atoms with van der Waals surface area (Å²) in [7, 11) is 0. The van der Waals surface area contributed by atoms with E-state index in [4.69, 9.17) is 16.6 Å². The van der Waals surface area contributed by atoms with Crippen molar-refractivity contribution >= 4 is 75.4 Å². The molecule has 18 heteroatoms. The summed E-state index contributed by atoms with van der Waals surface area (Å²) in [6.45, 7) is 13.9. The number of thiophene rings is 1. The number of halogens is 1. The second-order valence-corrected chi connectivity index (χ2v) is 21.1. The van der Waals surface area contributed by atoms with Crippen molar-refractivity contribution in [3.05, 3.63) is 104 Å². The Morgan fingerprint density at radius 3 is 2.39 bits per heavy atom. The fourth-order valence-corrected chi connectivity index (χ4v) is 11.5. The molecule has 4 atom stereocenters. The molecule has 0 aliphatic carbocycles. The van der Waals surface area contributed by atoms with Crippen LogP contribution < -0.4 is 16.0 Å². The zero-order valence-corrected chi connectivity index (χ0v) is 40.2. The minimum absolute atomic E-state index is 0.0167. The molecule has 0 unspecified atom stereocenters. The molecule has 7 rings (SSSR count). The number of hydrogen-bond acceptors (Lipinski definition) is 12. The van der Waals surface area contributed by atoms with E-state index in [1.54, 1.807) is 22.7 Å². The molecule has 1 saturated heterocycles. The van der Waals surface area contributed by atoms with E-state index in [1.165, 1.54) is 23.6 Å². The highest BCUT2D eigenvalue weighted by atomic mass is 35.5. The van der Waals surface area contributed by atoms with Gasteiger partial charge in [0.1, 0.15) is 29.0 Å². The van der Waals surface area contributed by atoms with Gasteiger partial charge in [-0.25, -0.2) is 4.98 Å². The van der Waals surface area contributed by atoms with Crippen molar-refractivity contribution in [2.45, 2.75) is 110 Å². The third-order valence-corrected chi connectivity index (χ3v) is 15.6. The number of rotatable bonds is 16. The second kappa shape index (κ2) is 20.1. The standard InChI is InChI=1S/C46H54ClN9O5S3/c1-25-27(3)64-45-38(25)39(31-14-16-33(47)17-15-31)52-35(42-54-53-28(4)56(42)45)21-37(59)48-18-8-9-19-63-46(6,7)41(51-29(5)57)44(61)55-23-34(58)20-36(55)43(60)49-22-30-10-12-32(13-11-30)40-26(2)50-24-62-40/h10-17,24,34-36,41,58H,8-9,18-23H2,1-7H3,(H,48,59)(H,49,60)(H,51,57)/t34-,35+,36+,41+/m1/s1. The average molecular weight is 945 g/mol. The van der Waals surface area contributed by atoms with Crippen LogP contribution in [0.2, 0.25) is 5.02 Å². The summed E-state index contributed by atoms with van der Waals surface area (Å²) in [5, 5.41) is 30.0. The normalized spacial score (nSPS) is 17.5. The van der Waals surface area contributed by atoms with Crippen molar-refractivity contribution in [1.82, 2.24) is 40.6 Å². The lowest BCUT2D eigenvalue weighted by Crippen LogP contribution is -2.59. The Balaban J connectivity index is 0.932. The van der Waals surface area contributed by atoms with Crippen LogP contribution in [-0.2, 0) is 25.7 Å². The van der Waals surface area contributed by atoms with Crippen LogP contribution >= 0.6 is 46.0 Å². The smallest absolute Gasteiger partial charge is 0.247 e. The number of unbranched alkanes of at least 4 members (excludes halogenated alkanes) is 1. The highest BCUT2D eigenvalue weighted by molar-refractivity contribution is 8.00. The van der Waals surface area contributed by atoms with Crippen molar-refractivity contribution in [3.8, 4) is 15.4 Å². The number of aliphatic imine (C=N–C) groups is 1. The summed E-state index contributed by atoms with van der Waals surface area (Å²) in [6, 6.07) is 13.0. The van der Waals surface area contributed by atoms with Crippen molar-refractivity contribution in [2.24, 2.45) is 4.99 Å². The molecule has 14 nitrogen and oxygen atoms in total. The number of carbonyl (C=O) groups is 4. The Morgan fingerprint density at radius 2 is 1.70 bits per heavy atom. The fourth-order valence-electron chi connectivity index (χ4n) is 8.12. The molecule has 5 heterocycles. The molecule has 2 aliphatic rings. The topological polar surface area (TPSA) is 184 Å². The monoisotopic (exact) mass is 943 g/mol. The number of aryl methyl sites for hydroxylation is 3. The largest absolute Gasteiger partial charge is 0.391 e. The van der Waals surface area contributed by atoms with Crippen molar-refractivity contribution in [2.75, 3.05) is 18.8 Å². The van der Waals surface area contributed by atoms with Crippen molar-refractivity contribution in [1.29, 1.82) is 0 Å². The number of aromatic nitrogens is 4. The van der Waals surface area contributed by atoms with Gasteiger partial charge in [-0.05, 0) is 89.0 Å². The minimum Gasteiger partial charge on any atom is -0.391 e. The van der Waals surface area contributed by atoms with E-state index in [0.29, 0.717) is 29.6 Å². The number of benzene rings is 2. The van der Waals surface area contributed by atoms with Crippen molar-refractivity contribution < 1.29 is 24.3 Å². The number of β-amino-alcohol motifs (C(OH)–C–C–N with tert-alkyl or cyclic N) is 1. The first-order valence-electron chi connectivity index (χ1n) is 21.3. The fraction of sp³-hybridized carbons (Fsp3) is 0.435. The number of aliphatic hydroxyl groups is 1. The zero-order valence-electron chi connectivity index (χ0n) is 37.0. The Bertz CT molecular complexity index is 2550. The van der Waals surface area contributed by atoms with Gasteiger partial charge in [-0.1, -0.05) is 48.0 Å². The molecule has 1 fully saturated rings. The number of aliphatic hydroxyl groups excluding tert-OH is 1. The molecule has 0 bridgehead atoms. The molecule has 2 aliphatic heterocycles. The number of nitrogens with one attached hydrogen (secondary N) is 3. The Kier molecular flexibility index (Phi) is 14.7. The molecule has 64 heavy (non-hydrogen) atoms. The maximum absolute atomic E-state index is 14.2. The number of amides is 4. The summed E-state index contributed by atoms with van der Waals surface area (Å²) in [5.74, 6) is 0.644. The first kappa shape index (κ1) is 47.0. The van der Waals surface area contributed by atoms with Crippen LogP contribution in [0, 0.1) is 27.7 Å². The van der Waals surface area contributed by atoms with E-state index >= 15 is 0 Å². The first-order valence-corrected chi connectivity index (χ1v) is 24.4. The number of thiazole rings is 1. The lowest BCUT2D eigenvalue weighted by molar-refractivity contribution is -0.142. The second-order valence-electron chi connectivity index (χ2n) is 16.8. The lowest BCUT2D eigenvalue weighted by Gasteiger charge is -2.37. The highest BCUT2D eigenvalue weighted by Gasteiger charge is 2.46. The van der Waals surface area contributed by atoms with Gasteiger partial charge in [-0.15, -0.1) is 32.9 Å². The average Bonchev–Trinajstić information content (AvgIpc) is 4.02. The van der Waals surface area contributed by atoms with Crippen LogP contribution in [0.4, 0.5) is 0 Å². The predicted molar refractivity (Wildman–Crippen MR) is 255 cm³/mol. The third-order valence-electron chi connectivity index (χ3n) is 11.7. The SMILES string of the molecule is CC(=O)N[C@@H](C(=O)N1C[C@H](O)C[C@H]1C(=O)NCc1ccc(-c2scnc2C)cc1)C(C)(C)SCCCCNC(=O)C[C@@H]1N=C(c2ccc(Cl)cc2)c2c(sc(C)c2C)-n2c(C)nnc21. The summed E-state index contributed by atoms with van der Waals surface area (Å²) >= 11 is 11.0. The molecule has 3 aromatic heterocycles. The molecule has 0 spiro atoms. The number of fused-ring (bicyclic) bond motifs is 3. The Morgan fingerprint density at radius 1 is 0.984 bits per heavy atom. The molecule has 2 aromatic carbocycles. The number of thioether (sulfide) groups is 1. The van der Waals surface area contributed by atoms with Gasteiger partial charge >= 0.3 is 0 Å². The first-order chi connectivity index (χ1) is 30.5. The van der Waals surface area contributed by atoms with E-state index in [9.17, 15) is 24.3 Å². The Labute approximate surface area is 390 Å². The molecule has 0 radical (unpaired) electrons. The molecular formula is C46H54ClN9O5S3. The quantitative estimate of drug-likeness (QED) is 0.0772. The van der Waals surface area contributed by atoms with Gasteiger partial charge in [0.2, 0.25) is 23.6 Å². The van der Waals surface area contributed by atoms with Crippen LogP contribution in [0.3, 0.4) is 0 Å². The van der Waals surface area contributed by atoms with Crippen molar-refractivity contribution in [3.63, 3.8) is 0 Å². The molecule has 0 saturated carbocycles. The Hall–Kier alpha value is -4.94. The molecule has 5 aromatic rings. The molecule has 4 N–H and O–H groups in total. The van der Waals surface area contributed by atoms with Gasteiger partial charge in [-0.2, -0.15) is 11.8 Å². The number of likely N-dealkylation sites (tertiary alicyclic amines) is 1. The van der Waals surface area contributed by atoms with Crippen LogP contribution in [0.1, 0.15) is 97.0 Å². The third kappa shape index (κ3) is 10.4. The van der Waals surface area contributed by atoms with Crippen LogP contribution in [0.15, 0.2) is 59.0 Å². The maximum atomic E-state index is 14.2. The van der Waals surface area contributed by atoms with E-state index in [1.807, 2.05) is 86.3 Å². The minimum atomic E-state index is -0.959. The van der Waals surface area contributed by atoms with E-state index in [0.717, 1.165) is 66.2 Å². The predicted octanol–water partition coefficient (Wildman–Crippen LogP) is 6.81. The van der Waals surface area contributed by atoms with Gasteiger partial charge in [-0.3, -0.25) is 28.7 Å². The van der Waals surface area contributed by atoms with E-state index in [-0.39, 0.29) is 43.7 Å². The van der Waals surface area contributed by atoms with Gasteiger partial charge in [0.05, 0.1) is 34.3 Å². The summed E-state index contributed by atoms with van der Waals surface area (Å²) < 4.78 is 1.25. The van der Waals surface area contributed by atoms with Gasteiger partial charge in [0, 0.05) is 58.8 Å². The van der Waals surface area contributed by atoms with Gasteiger partial charge in [0.15, 0.2) is 5.82 Å². The summed E-state index contributed by atoms with van der Waals surface area (Å²) in [4.78, 5) is 67.0. The highest BCUT2D eigenvalue weighted by Crippen LogP contribution is 2.40. The molecular weight excluding hydrogens is 890 g/mol.